The number of carbonyl (C=O) groups is 1. The van der Waals surface area contributed by atoms with E-state index in [2.05, 4.69) is 65.9 Å². The Morgan fingerprint density at radius 2 is 1.43 bits per heavy atom. The lowest BCUT2D eigenvalue weighted by Gasteiger charge is -2.23. The summed E-state index contributed by atoms with van der Waals surface area (Å²) < 4.78 is 5.86. The number of aliphatic carboxylic acids is 1. The van der Waals surface area contributed by atoms with Gasteiger partial charge in [0.15, 0.2) is 0 Å². The lowest BCUT2D eigenvalue weighted by atomic mass is 9.83. The summed E-state index contributed by atoms with van der Waals surface area (Å²) in [6.07, 6.45) is -1.58. The molecule has 1 heterocycles. The number of aryl methyl sites for hydroxylation is 2. The van der Waals surface area contributed by atoms with Crippen LogP contribution in [0.15, 0.2) is 12.1 Å². The molecule has 0 aliphatic carbocycles. The van der Waals surface area contributed by atoms with Crippen LogP contribution < -0.4 is 5.32 Å². The van der Waals surface area contributed by atoms with Gasteiger partial charge in [0.25, 0.3) is 0 Å². The molecule has 3 rings (SSSR count). The second kappa shape index (κ2) is 8.50. The molecule has 0 spiro atoms. The van der Waals surface area contributed by atoms with Crippen LogP contribution in [0.3, 0.4) is 0 Å². The number of rotatable bonds is 5. The molecule has 3 atom stereocenters. The standard InChI is InChI=1S/C25H33NO4/c1-12-8-19(11-30-20-10-26-23(24(20)27)25(28)29)9-13(2)21(12)22-17(6)15(4)14(3)16(5)18(22)7/h8-9,20,23-24,26-27H,10-11H2,1-7H3,(H,28,29)/t20-,23+,24+/m1/s1. The number of hydrogen-bond donors (Lipinski definition) is 3. The molecule has 0 aromatic heterocycles. The summed E-state index contributed by atoms with van der Waals surface area (Å²) in [6.45, 7) is 15.9. The van der Waals surface area contributed by atoms with Crippen molar-refractivity contribution in [1.29, 1.82) is 0 Å². The van der Waals surface area contributed by atoms with Crippen molar-refractivity contribution < 1.29 is 19.7 Å². The molecule has 1 aliphatic heterocycles. The third-order valence-corrected chi connectivity index (χ3v) is 6.83. The number of benzene rings is 2. The molecule has 162 valence electrons. The molecule has 0 radical (unpaired) electrons. The minimum Gasteiger partial charge on any atom is -0.480 e. The van der Waals surface area contributed by atoms with E-state index in [-0.39, 0.29) is 0 Å². The summed E-state index contributed by atoms with van der Waals surface area (Å²) in [6, 6.07) is 3.30. The molecule has 1 aliphatic rings. The van der Waals surface area contributed by atoms with E-state index in [1.807, 2.05) is 0 Å². The zero-order chi connectivity index (χ0) is 22.3. The fraction of sp³-hybridized carbons (Fsp3) is 0.480. The Morgan fingerprint density at radius 1 is 0.933 bits per heavy atom. The van der Waals surface area contributed by atoms with Crippen molar-refractivity contribution in [2.24, 2.45) is 0 Å². The number of carboxylic acids is 1. The second-order valence-corrected chi connectivity index (χ2v) is 8.67. The average Bonchev–Trinajstić information content (AvgIpc) is 3.06. The van der Waals surface area contributed by atoms with Gasteiger partial charge in [-0.15, -0.1) is 0 Å². The summed E-state index contributed by atoms with van der Waals surface area (Å²) in [7, 11) is 0. The van der Waals surface area contributed by atoms with Gasteiger partial charge in [0.2, 0.25) is 0 Å². The summed E-state index contributed by atoms with van der Waals surface area (Å²) >= 11 is 0. The number of ether oxygens (including phenoxy) is 1. The molecule has 1 saturated heterocycles. The fourth-order valence-electron chi connectivity index (χ4n) is 4.70. The summed E-state index contributed by atoms with van der Waals surface area (Å²) in [5, 5.41) is 22.1. The third-order valence-electron chi connectivity index (χ3n) is 6.83. The molecular formula is C25H33NO4. The van der Waals surface area contributed by atoms with Crippen LogP contribution >= 0.6 is 0 Å². The molecule has 5 nitrogen and oxygen atoms in total. The fourth-order valence-corrected chi connectivity index (χ4v) is 4.70. The first kappa shape index (κ1) is 22.5. The zero-order valence-corrected chi connectivity index (χ0v) is 19.0. The summed E-state index contributed by atoms with van der Waals surface area (Å²) in [5.74, 6) is -1.06. The molecule has 0 bridgehead atoms. The van der Waals surface area contributed by atoms with E-state index in [9.17, 15) is 9.90 Å². The van der Waals surface area contributed by atoms with E-state index in [1.165, 1.54) is 50.1 Å². The van der Waals surface area contributed by atoms with Crippen molar-refractivity contribution in [1.82, 2.24) is 5.32 Å². The van der Waals surface area contributed by atoms with E-state index >= 15 is 0 Å². The maximum absolute atomic E-state index is 11.1. The van der Waals surface area contributed by atoms with Crippen molar-refractivity contribution in [2.45, 2.75) is 73.3 Å². The van der Waals surface area contributed by atoms with Gasteiger partial charge in [0.1, 0.15) is 12.1 Å². The molecule has 2 aromatic rings. The van der Waals surface area contributed by atoms with E-state index in [1.54, 1.807) is 0 Å². The predicted octanol–water partition coefficient (Wildman–Crippen LogP) is 3.82. The third kappa shape index (κ3) is 3.89. The largest absolute Gasteiger partial charge is 0.480 e. The van der Waals surface area contributed by atoms with Crippen molar-refractivity contribution in [3.63, 3.8) is 0 Å². The number of aliphatic hydroxyl groups is 1. The van der Waals surface area contributed by atoms with Crippen molar-refractivity contribution >= 4 is 5.97 Å². The zero-order valence-electron chi connectivity index (χ0n) is 19.0. The van der Waals surface area contributed by atoms with Crippen LogP contribution in [-0.2, 0) is 16.1 Å². The van der Waals surface area contributed by atoms with Crippen LogP contribution in [0, 0.1) is 48.5 Å². The highest BCUT2D eigenvalue weighted by molar-refractivity contribution is 5.79. The number of carboxylic acid groups (broad SMARTS) is 1. The van der Waals surface area contributed by atoms with Crippen LogP contribution in [0.25, 0.3) is 11.1 Å². The van der Waals surface area contributed by atoms with Crippen LogP contribution in [0.1, 0.15) is 44.5 Å². The van der Waals surface area contributed by atoms with Gasteiger partial charge in [-0.1, -0.05) is 12.1 Å². The molecule has 1 fully saturated rings. The highest BCUT2D eigenvalue weighted by atomic mass is 16.5. The average molecular weight is 412 g/mol. The smallest absolute Gasteiger partial charge is 0.323 e. The number of hydrogen-bond acceptors (Lipinski definition) is 4. The molecule has 0 saturated carbocycles. The normalized spacial score (nSPS) is 21.3. The molecule has 5 heteroatoms. The first-order valence-electron chi connectivity index (χ1n) is 10.5. The van der Waals surface area contributed by atoms with Gasteiger partial charge in [-0.2, -0.15) is 0 Å². The molecule has 3 N–H and O–H groups in total. The summed E-state index contributed by atoms with van der Waals surface area (Å²) in [4.78, 5) is 11.1. The quantitative estimate of drug-likeness (QED) is 0.697. The Balaban J connectivity index is 1.88. The molecule has 0 amide bonds. The minimum absolute atomic E-state index is 0.328. The highest BCUT2D eigenvalue weighted by Gasteiger charge is 2.39. The maximum Gasteiger partial charge on any atom is 0.323 e. The second-order valence-electron chi connectivity index (χ2n) is 8.67. The minimum atomic E-state index is -1.06. The highest BCUT2D eigenvalue weighted by Crippen LogP contribution is 2.38. The molecule has 0 unspecified atom stereocenters. The Kier molecular flexibility index (Phi) is 6.37. The van der Waals surface area contributed by atoms with E-state index in [4.69, 9.17) is 9.84 Å². The number of aliphatic hydroxyl groups excluding tert-OH is 1. The van der Waals surface area contributed by atoms with E-state index in [0.717, 1.165) is 5.56 Å². The Morgan fingerprint density at radius 3 is 1.90 bits per heavy atom. The van der Waals surface area contributed by atoms with Gasteiger partial charge in [-0.25, -0.2) is 0 Å². The van der Waals surface area contributed by atoms with Gasteiger partial charge in [0.05, 0.1) is 12.7 Å². The number of nitrogens with one attached hydrogen (secondary N) is 1. The van der Waals surface area contributed by atoms with Gasteiger partial charge in [0, 0.05) is 6.54 Å². The first-order valence-corrected chi connectivity index (χ1v) is 10.5. The molecule has 30 heavy (non-hydrogen) atoms. The molecule has 2 aromatic carbocycles. The lowest BCUT2D eigenvalue weighted by molar-refractivity contribution is -0.142. The van der Waals surface area contributed by atoms with Crippen LogP contribution in [0.2, 0.25) is 0 Å². The first-order chi connectivity index (χ1) is 14.0. The van der Waals surface area contributed by atoms with E-state index < -0.39 is 24.2 Å². The van der Waals surface area contributed by atoms with Gasteiger partial charge >= 0.3 is 5.97 Å². The SMILES string of the molecule is Cc1cc(CO[C@@H]2CN[C@H](C(=O)O)[C@H]2O)cc(C)c1-c1c(C)c(C)c(C)c(C)c1C. The van der Waals surface area contributed by atoms with Gasteiger partial charge in [-0.05, 0) is 104 Å². The van der Waals surface area contributed by atoms with Crippen molar-refractivity contribution in [2.75, 3.05) is 6.54 Å². The van der Waals surface area contributed by atoms with Crippen molar-refractivity contribution in [3.05, 3.63) is 56.6 Å². The summed E-state index contributed by atoms with van der Waals surface area (Å²) in [5.41, 5.74) is 12.7. The lowest BCUT2D eigenvalue weighted by Crippen LogP contribution is -2.40. The Labute approximate surface area is 179 Å². The monoisotopic (exact) mass is 411 g/mol. The Hall–Kier alpha value is -2.21. The van der Waals surface area contributed by atoms with Crippen LogP contribution in [-0.4, -0.2) is 41.0 Å². The topological polar surface area (TPSA) is 78.8 Å². The van der Waals surface area contributed by atoms with E-state index in [0.29, 0.717) is 13.2 Å². The van der Waals surface area contributed by atoms with Crippen molar-refractivity contribution in [3.8, 4) is 11.1 Å². The Bertz CT molecular complexity index is 943. The van der Waals surface area contributed by atoms with Gasteiger partial charge in [-0.3, -0.25) is 10.1 Å². The van der Waals surface area contributed by atoms with Crippen LogP contribution in [0.4, 0.5) is 0 Å². The predicted molar refractivity (Wildman–Crippen MR) is 119 cm³/mol. The van der Waals surface area contributed by atoms with Gasteiger partial charge < -0.3 is 14.9 Å². The maximum atomic E-state index is 11.1. The molecular weight excluding hydrogens is 378 g/mol. The van der Waals surface area contributed by atoms with Crippen LogP contribution in [0.5, 0.6) is 0 Å².